The number of carbonyl (C=O) groups is 1. The first-order valence-electron chi connectivity index (χ1n) is 9.13. The molecule has 1 aromatic carbocycles. The normalized spacial score (nSPS) is 13.8. The Labute approximate surface area is 161 Å². The first kappa shape index (κ1) is 17.9. The van der Waals surface area contributed by atoms with Gasteiger partial charge < -0.3 is 5.32 Å². The van der Waals surface area contributed by atoms with Crippen molar-refractivity contribution in [1.29, 1.82) is 0 Å². The molecule has 27 heavy (non-hydrogen) atoms. The minimum atomic E-state index is -0.272. The zero-order chi connectivity index (χ0) is 18.8. The number of fused-ring (bicyclic) bond motifs is 1. The third-order valence-corrected chi connectivity index (χ3v) is 5.75. The molecule has 0 unspecified atom stereocenters. The van der Waals surface area contributed by atoms with Gasteiger partial charge in [0.25, 0.3) is 11.5 Å². The Bertz CT molecular complexity index is 1020. The highest BCUT2D eigenvalue weighted by Crippen LogP contribution is 2.39. The van der Waals surface area contributed by atoms with Crippen molar-refractivity contribution >= 4 is 28.7 Å². The molecule has 2 heterocycles. The van der Waals surface area contributed by atoms with Crippen LogP contribution < -0.4 is 10.9 Å². The Kier molecular flexibility index (Phi) is 5.03. The van der Waals surface area contributed by atoms with E-state index in [9.17, 15) is 9.59 Å². The van der Waals surface area contributed by atoms with Crippen molar-refractivity contribution in [2.75, 3.05) is 12.3 Å². The number of aryl methyl sites for hydroxylation is 1. The summed E-state index contributed by atoms with van der Waals surface area (Å²) in [6, 6.07) is 12.1. The quantitative estimate of drug-likeness (QED) is 0.616. The van der Waals surface area contributed by atoms with Crippen LogP contribution in [0.15, 0.2) is 41.2 Å². The number of carbonyl (C=O) groups excluding carboxylic acids is 1. The number of nitrogens with zero attached hydrogens (tertiary/aromatic N) is 2. The van der Waals surface area contributed by atoms with E-state index in [2.05, 4.69) is 27.5 Å². The van der Waals surface area contributed by atoms with Gasteiger partial charge in [0.15, 0.2) is 5.65 Å². The second-order valence-corrected chi connectivity index (χ2v) is 7.97. The predicted octanol–water partition coefficient (Wildman–Crippen LogP) is 2.80. The number of nitrogens with one attached hydrogen (secondary N) is 2. The van der Waals surface area contributed by atoms with E-state index < -0.39 is 0 Å². The molecule has 0 atom stereocenters. The average Bonchev–Trinajstić information content (AvgIpc) is 3.48. The van der Waals surface area contributed by atoms with Crippen LogP contribution in [0.5, 0.6) is 0 Å². The summed E-state index contributed by atoms with van der Waals surface area (Å²) >= 11 is 1.77. The lowest BCUT2D eigenvalue weighted by Gasteiger charge is -2.08. The summed E-state index contributed by atoms with van der Waals surface area (Å²) in [6.07, 6.45) is 2.18. The van der Waals surface area contributed by atoms with E-state index in [-0.39, 0.29) is 11.5 Å². The minimum Gasteiger partial charge on any atom is -0.351 e. The number of hydrogen-bond acceptors (Lipinski definition) is 4. The number of aromatic nitrogens is 3. The Morgan fingerprint density at radius 2 is 2.11 bits per heavy atom. The highest BCUT2D eigenvalue weighted by atomic mass is 32.2. The summed E-state index contributed by atoms with van der Waals surface area (Å²) < 4.78 is 1.59. The van der Waals surface area contributed by atoms with Gasteiger partial charge in [-0.1, -0.05) is 30.3 Å². The Morgan fingerprint density at radius 1 is 1.33 bits per heavy atom. The first-order valence-corrected chi connectivity index (χ1v) is 10.3. The lowest BCUT2D eigenvalue weighted by atomic mass is 10.1. The maximum Gasteiger partial charge on any atom is 0.274 e. The van der Waals surface area contributed by atoms with Crippen LogP contribution in [-0.2, 0) is 12.8 Å². The van der Waals surface area contributed by atoms with E-state index >= 15 is 0 Å². The summed E-state index contributed by atoms with van der Waals surface area (Å²) in [6.45, 7) is 0.559. The minimum absolute atomic E-state index is 0.207. The molecule has 2 N–H and O–H groups in total. The van der Waals surface area contributed by atoms with E-state index in [4.69, 9.17) is 0 Å². The monoisotopic (exact) mass is 382 g/mol. The number of rotatable bonds is 7. The first-order chi connectivity index (χ1) is 13.1. The number of thioether (sulfide) groups is 1. The fourth-order valence-electron chi connectivity index (χ4n) is 3.14. The molecule has 0 aliphatic heterocycles. The third-order valence-electron chi connectivity index (χ3n) is 4.72. The summed E-state index contributed by atoms with van der Waals surface area (Å²) in [7, 11) is 1.75. The Hall–Kier alpha value is -2.54. The third kappa shape index (κ3) is 3.93. The molecule has 1 aliphatic rings. The standard InChI is InChI=1S/C20H22N4O2S/c1-24-18-17(20(26)23-24)15(11-16(22-18)14-7-8-14)19(25)21-9-10-27-12-13-5-3-2-4-6-13/h2-6,11,14H,7-10,12H2,1H3,(H,21,25)(H,23,26). The highest BCUT2D eigenvalue weighted by molar-refractivity contribution is 7.98. The van der Waals surface area contributed by atoms with Gasteiger partial charge in [-0.25, -0.2) is 4.98 Å². The van der Waals surface area contributed by atoms with Crippen LogP contribution in [0.2, 0.25) is 0 Å². The number of benzene rings is 1. The van der Waals surface area contributed by atoms with E-state index in [1.165, 1.54) is 5.56 Å². The molecule has 140 valence electrons. The van der Waals surface area contributed by atoms with Crippen molar-refractivity contribution in [2.45, 2.75) is 24.5 Å². The van der Waals surface area contributed by atoms with Crippen molar-refractivity contribution in [3.63, 3.8) is 0 Å². The van der Waals surface area contributed by atoms with Crippen molar-refractivity contribution in [3.8, 4) is 0 Å². The van der Waals surface area contributed by atoms with Gasteiger partial charge in [0.1, 0.15) is 0 Å². The molecule has 0 spiro atoms. The molecule has 1 fully saturated rings. The van der Waals surface area contributed by atoms with Crippen molar-refractivity contribution < 1.29 is 4.79 Å². The van der Waals surface area contributed by atoms with Crippen molar-refractivity contribution in [2.24, 2.45) is 7.05 Å². The smallest absolute Gasteiger partial charge is 0.274 e. The summed E-state index contributed by atoms with van der Waals surface area (Å²) in [4.78, 5) is 29.6. The maximum atomic E-state index is 12.7. The molecular weight excluding hydrogens is 360 g/mol. The van der Waals surface area contributed by atoms with Crippen LogP contribution in [0, 0.1) is 0 Å². The number of aromatic amines is 1. The topological polar surface area (TPSA) is 79.8 Å². The van der Waals surface area contributed by atoms with Crippen molar-refractivity contribution in [3.05, 3.63) is 63.6 Å². The summed E-state index contributed by atoms with van der Waals surface area (Å²) in [5.74, 6) is 1.93. The van der Waals surface area contributed by atoms with Crippen LogP contribution in [0.25, 0.3) is 11.0 Å². The highest BCUT2D eigenvalue weighted by Gasteiger charge is 2.28. The van der Waals surface area contributed by atoms with Gasteiger partial charge in [0.2, 0.25) is 0 Å². The van der Waals surface area contributed by atoms with E-state index in [0.29, 0.717) is 29.1 Å². The van der Waals surface area contributed by atoms with Crippen LogP contribution in [0.4, 0.5) is 0 Å². The molecule has 0 radical (unpaired) electrons. The molecular formula is C20H22N4O2S. The SMILES string of the molecule is Cn1[nH]c(=O)c2c(C(=O)NCCSCc3ccccc3)cc(C3CC3)nc21. The molecule has 6 nitrogen and oxygen atoms in total. The molecule has 4 rings (SSSR count). The van der Waals surface area contributed by atoms with Gasteiger partial charge in [-0.05, 0) is 24.5 Å². The molecule has 3 aromatic rings. The zero-order valence-electron chi connectivity index (χ0n) is 15.2. The maximum absolute atomic E-state index is 12.7. The second kappa shape index (κ2) is 7.60. The predicted molar refractivity (Wildman–Crippen MR) is 108 cm³/mol. The van der Waals surface area contributed by atoms with E-state index in [1.54, 1.807) is 29.6 Å². The van der Waals surface area contributed by atoms with E-state index in [1.807, 2.05) is 18.2 Å². The number of H-pyrrole nitrogens is 1. The van der Waals surface area contributed by atoms with Crippen LogP contribution in [-0.4, -0.2) is 33.0 Å². The van der Waals surface area contributed by atoms with Crippen molar-refractivity contribution in [1.82, 2.24) is 20.1 Å². The van der Waals surface area contributed by atoms with Gasteiger partial charge in [0.05, 0.1) is 10.9 Å². The number of pyridine rings is 1. The van der Waals surface area contributed by atoms with Gasteiger partial charge in [0, 0.05) is 36.7 Å². The number of amides is 1. The molecule has 1 amide bonds. The second-order valence-electron chi connectivity index (χ2n) is 6.86. The zero-order valence-corrected chi connectivity index (χ0v) is 16.0. The fraction of sp³-hybridized carbons (Fsp3) is 0.350. The van der Waals surface area contributed by atoms with Gasteiger partial charge in [-0.2, -0.15) is 11.8 Å². The van der Waals surface area contributed by atoms with Crippen LogP contribution >= 0.6 is 11.8 Å². The summed E-state index contributed by atoms with van der Waals surface area (Å²) in [5.41, 5.74) is 2.88. The average molecular weight is 382 g/mol. The van der Waals surface area contributed by atoms with Gasteiger partial charge in [-0.15, -0.1) is 0 Å². The summed E-state index contributed by atoms with van der Waals surface area (Å²) in [5, 5.41) is 6.03. The Balaban J connectivity index is 1.43. The molecule has 0 bridgehead atoms. The lowest BCUT2D eigenvalue weighted by molar-refractivity contribution is 0.0957. The van der Waals surface area contributed by atoms with E-state index in [0.717, 1.165) is 30.0 Å². The number of hydrogen-bond donors (Lipinski definition) is 2. The lowest BCUT2D eigenvalue weighted by Crippen LogP contribution is -2.27. The Morgan fingerprint density at radius 3 is 2.85 bits per heavy atom. The van der Waals surface area contributed by atoms with Gasteiger partial charge in [-0.3, -0.25) is 19.4 Å². The molecule has 1 saturated carbocycles. The largest absolute Gasteiger partial charge is 0.351 e. The molecule has 0 saturated heterocycles. The molecule has 2 aromatic heterocycles. The van der Waals surface area contributed by atoms with Gasteiger partial charge >= 0.3 is 0 Å². The fourth-order valence-corrected chi connectivity index (χ4v) is 3.96. The van der Waals surface area contributed by atoms with Crippen LogP contribution in [0.3, 0.4) is 0 Å². The molecule has 7 heteroatoms. The van der Waals surface area contributed by atoms with Crippen LogP contribution in [0.1, 0.15) is 40.4 Å². The molecule has 1 aliphatic carbocycles.